The van der Waals surface area contributed by atoms with Gasteiger partial charge < -0.3 is 5.11 Å². The summed E-state index contributed by atoms with van der Waals surface area (Å²) in [7, 11) is 0. The van der Waals surface area contributed by atoms with Crippen LogP contribution in [0.1, 0.15) is 51.9 Å². The van der Waals surface area contributed by atoms with Gasteiger partial charge in [-0.25, -0.2) is 0 Å². The number of aliphatic carboxylic acids is 1. The maximum Gasteiger partial charge on any atom is 0.303 e. The average molecular weight is 238 g/mol. The fourth-order valence-corrected chi connectivity index (χ4v) is 1.35. The largest absolute Gasteiger partial charge is 0.481 e. The van der Waals surface area contributed by atoms with Gasteiger partial charge in [0.2, 0.25) is 0 Å². The SMILES string of the molecule is CC/C=C\C/C=C\CC(=O)CCCCC(=O)O. The monoisotopic (exact) mass is 238 g/mol. The second-order valence-electron chi connectivity index (χ2n) is 3.93. The molecule has 0 aliphatic heterocycles. The number of ketones is 1. The van der Waals surface area contributed by atoms with Gasteiger partial charge in [0, 0.05) is 19.3 Å². The summed E-state index contributed by atoms with van der Waals surface area (Å²) in [5.41, 5.74) is 0. The van der Waals surface area contributed by atoms with Crippen LogP contribution in [-0.2, 0) is 9.59 Å². The van der Waals surface area contributed by atoms with Gasteiger partial charge in [0.15, 0.2) is 0 Å². The van der Waals surface area contributed by atoms with E-state index in [1.54, 1.807) is 0 Å². The number of carbonyl (C=O) groups is 2. The first kappa shape index (κ1) is 15.6. The summed E-state index contributed by atoms with van der Waals surface area (Å²) in [4.78, 5) is 21.6. The van der Waals surface area contributed by atoms with Crippen LogP contribution in [0.5, 0.6) is 0 Å². The van der Waals surface area contributed by atoms with Crippen molar-refractivity contribution in [2.24, 2.45) is 0 Å². The van der Waals surface area contributed by atoms with E-state index in [4.69, 9.17) is 5.11 Å². The van der Waals surface area contributed by atoms with Gasteiger partial charge in [0.05, 0.1) is 0 Å². The number of Topliss-reactive ketones (excluding diaryl/α,β-unsaturated/α-hetero) is 1. The average Bonchev–Trinajstić information content (AvgIpc) is 2.29. The van der Waals surface area contributed by atoms with Gasteiger partial charge in [-0.2, -0.15) is 0 Å². The number of carbonyl (C=O) groups excluding carboxylic acids is 1. The lowest BCUT2D eigenvalue weighted by Gasteiger charge is -1.96. The minimum absolute atomic E-state index is 0.158. The molecule has 0 aliphatic rings. The Morgan fingerprint density at radius 3 is 2.29 bits per heavy atom. The highest BCUT2D eigenvalue weighted by Crippen LogP contribution is 2.03. The second-order valence-corrected chi connectivity index (χ2v) is 3.93. The van der Waals surface area contributed by atoms with Crippen molar-refractivity contribution in [1.82, 2.24) is 0 Å². The molecule has 0 fully saturated rings. The predicted molar refractivity (Wildman–Crippen MR) is 68.9 cm³/mol. The topological polar surface area (TPSA) is 54.4 Å². The van der Waals surface area contributed by atoms with Crippen LogP contribution in [0.15, 0.2) is 24.3 Å². The summed E-state index contributed by atoms with van der Waals surface area (Å²) in [5.74, 6) is -0.605. The van der Waals surface area contributed by atoms with E-state index < -0.39 is 5.97 Å². The molecule has 3 heteroatoms. The number of carboxylic acid groups (broad SMARTS) is 1. The third kappa shape index (κ3) is 12.6. The summed E-state index contributed by atoms with van der Waals surface area (Å²) in [6, 6.07) is 0. The van der Waals surface area contributed by atoms with Crippen LogP contribution in [0, 0.1) is 0 Å². The zero-order chi connectivity index (χ0) is 12.9. The van der Waals surface area contributed by atoms with Gasteiger partial charge >= 0.3 is 5.97 Å². The molecule has 1 N–H and O–H groups in total. The van der Waals surface area contributed by atoms with Gasteiger partial charge in [0.25, 0.3) is 0 Å². The van der Waals surface area contributed by atoms with Crippen LogP contribution in [0.4, 0.5) is 0 Å². The number of hydrogen-bond acceptors (Lipinski definition) is 2. The molecule has 0 spiro atoms. The van der Waals surface area contributed by atoms with Gasteiger partial charge in [-0.15, -0.1) is 0 Å². The Morgan fingerprint density at radius 1 is 1.00 bits per heavy atom. The molecule has 0 aliphatic carbocycles. The molecule has 0 aromatic carbocycles. The summed E-state index contributed by atoms with van der Waals surface area (Å²) < 4.78 is 0. The molecule has 0 bridgehead atoms. The highest BCUT2D eigenvalue weighted by Gasteiger charge is 2.01. The van der Waals surface area contributed by atoms with Gasteiger partial charge in [-0.3, -0.25) is 9.59 Å². The lowest BCUT2D eigenvalue weighted by atomic mass is 10.1. The van der Waals surface area contributed by atoms with Crippen molar-refractivity contribution in [3.63, 3.8) is 0 Å². The van der Waals surface area contributed by atoms with Crippen LogP contribution in [0.3, 0.4) is 0 Å². The minimum atomic E-state index is -0.792. The first-order valence-corrected chi connectivity index (χ1v) is 6.20. The van der Waals surface area contributed by atoms with Crippen molar-refractivity contribution in [2.75, 3.05) is 0 Å². The molecule has 0 saturated heterocycles. The highest BCUT2D eigenvalue weighted by atomic mass is 16.4. The first-order chi connectivity index (χ1) is 8.16. The smallest absolute Gasteiger partial charge is 0.303 e. The Labute approximate surface area is 103 Å². The highest BCUT2D eigenvalue weighted by molar-refractivity contribution is 5.79. The van der Waals surface area contributed by atoms with E-state index in [-0.39, 0.29) is 12.2 Å². The molecular weight excluding hydrogens is 216 g/mol. The molecule has 3 nitrogen and oxygen atoms in total. The van der Waals surface area contributed by atoms with E-state index in [1.807, 2.05) is 12.2 Å². The molecule has 17 heavy (non-hydrogen) atoms. The summed E-state index contributed by atoms with van der Waals surface area (Å²) in [5, 5.41) is 8.42. The number of unbranched alkanes of at least 4 members (excludes halogenated alkanes) is 1. The lowest BCUT2D eigenvalue weighted by molar-refractivity contribution is -0.137. The first-order valence-electron chi connectivity index (χ1n) is 6.20. The molecule has 0 unspecified atom stereocenters. The number of carboxylic acids is 1. The van der Waals surface area contributed by atoms with Gasteiger partial charge in [-0.1, -0.05) is 31.2 Å². The van der Waals surface area contributed by atoms with Gasteiger partial charge in [0.1, 0.15) is 5.78 Å². The maximum absolute atomic E-state index is 11.4. The standard InChI is InChI=1S/C14H22O3/c1-2-3-4-5-6-7-10-13(15)11-8-9-12-14(16)17/h3-4,6-7H,2,5,8-12H2,1H3,(H,16,17)/b4-3-,7-6-. The lowest BCUT2D eigenvalue weighted by Crippen LogP contribution is -1.98. The van der Waals surface area contributed by atoms with Crippen molar-refractivity contribution in [3.05, 3.63) is 24.3 Å². The maximum atomic E-state index is 11.4. The minimum Gasteiger partial charge on any atom is -0.481 e. The fraction of sp³-hybridized carbons (Fsp3) is 0.571. The Balaban J connectivity index is 3.46. The van der Waals surface area contributed by atoms with E-state index in [1.165, 1.54) is 0 Å². The molecule has 0 radical (unpaired) electrons. The Morgan fingerprint density at radius 2 is 1.65 bits per heavy atom. The van der Waals surface area contributed by atoms with Crippen molar-refractivity contribution in [2.45, 2.75) is 51.9 Å². The molecule has 0 atom stereocenters. The predicted octanol–water partition coefficient (Wildman–Crippen LogP) is 3.50. The van der Waals surface area contributed by atoms with Crippen molar-refractivity contribution in [3.8, 4) is 0 Å². The molecule has 96 valence electrons. The van der Waals surface area contributed by atoms with Crippen molar-refractivity contribution < 1.29 is 14.7 Å². The van der Waals surface area contributed by atoms with Crippen LogP contribution >= 0.6 is 0 Å². The molecule has 0 heterocycles. The van der Waals surface area contributed by atoms with E-state index in [0.29, 0.717) is 25.7 Å². The molecule has 0 aromatic rings. The zero-order valence-electron chi connectivity index (χ0n) is 10.5. The van der Waals surface area contributed by atoms with E-state index in [9.17, 15) is 9.59 Å². The van der Waals surface area contributed by atoms with Crippen LogP contribution in [-0.4, -0.2) is 16.9 Å². The quantitative estimate of drug-likeness (QED) is 0.468. The van der Waals surface area contributed by atoms with Crippen LogP contribution < -0.4 is 0 Å². The van der Waals surface area contributed by atoms with E-state index >= 15 is 0 Å². The number of rotatable bonds is 10. The van der Waals surface area contributed by atoms with Crippen molar-refractivity contribution in [1.29, 1.82) is 0 Å². The van der Waals surface area contributed by atoms with Crippen molar-refractivity contribution >= 4 is 11.8 Å². The molecule has 0 aromatic heterocycles. The number of allylic oxidation sites excluding steroid dienone is 4. The zero-order valence-corrected chi connectivity index (χ0v) is 10.5. The molecular formula is C14H22O3. The normalized spacial score (nSPS) is 11.4. The fourth-order valence-electron chi connectivity index (χ4n) is 1.35. The summed E-state index contributed by atoms with van der Waals surface area (Å²) in [6.45, 7) is 2.08. The van der Waals surface area contributed by atoms with E-state index in [2.05, 4.69) is 19.1 Å². The molecule has 0 amide bonds. The van der Waals surface area contributed by atoms with Crippen LogP contribution in [0.2, 0.25) is 0 Å². The van der Waals surface area contributed by atoms with Gasteiger partial charge in [-0.05, 0) is 25.7 Å². The van der Waals surface area contributed by atoms with Crippen LogP contribution in [0.25, 0.3) is 0 Å². The summed E-state index contributed by atoms with van der Waals surface area (Å²) >= 11 is 0. The summed E-state index contributed by atoms with van der Waals surface area (Å²) in [6.07, 6.45) is 12.3. The Hall–Kier alpha value is -1.38. The Kier molecular flexibility index (Phi) is 10.2. The second kappa shape index (κ2) is 11.1. The Bertz CT molecular complexity index is 277. The third-order valence-electron chi connectivity index (χ3n) is 2.28. The molecule has 0 saturated carbocycles. The third-order valence-corrected chi connectivity index (χ3v) is 2.28. The van der Waals surface area contributed by atoms with E-state index in [0.717, 1.165) is 12.8 Å². The molecule has 0 rings (SSSR count). The number of hydrogen-bond donors (Lipinski definition) is 1.